The van der Waals surface area contributed by atoms with Crippen molar-refractivity contribution >= 4 is 10.0 Å². The highest BCUT2D eigenvalue weighted by Gasteiger charge is 2.27. The molecule has 0 fully saturated rings. The molecule has 116 valence electrons. The Bertz CT molecular complexity index is 791. The van der Waals surface area contributed by atoms with Crippen LogP contribution in [0.1, 0.15) is 18.0 Å². The minimum atomic E-state index is -3.83. The summed E-state index contributed by atoms with van der Waals surface area (Å²) < 4.78 is 58.9. The van der Waals surface area contributed by atoms with Crippen LogP contribution in [0.2, 0.25) is 0 Å². The van der Waals surface area contributed by atoms with Crippen molar-refractivity contribution in [2.75, 3.05) is 6.61 Å². The van der Waals surface area contributed by atoms with Crippen LogP contribution in [-0.4, -0.2) is 15.0 Å². The number of ether oxygens (including phenoxy) is 1. The molecule has 0 spiro atoms. The molecule has 0 aliphatic carbocycles. The van der Waals surface area contributed by atoms with Gasteiger partial charge in [-0.1, -0.05) is 0 Å². The van der Waals surface area contributed by atoms with E-state index in [9.17, 15) is 17.2 Å². The molecule has 0 saturated heterocycles. The van der Waals surface area contributed by atoms with Crippen LogP contribution in [0, 0.1) is 11.6 Å². The quantitative estimate of drug-likeness (QED) is 0.944. The molecule has 0 radical (unpaired) electrons. The first kappa shape index (κ1) is 14.9. The number of nitrogens with one attached hydrogen (secondary N) is 1. The fraction of sp³-hybridized carbons (Fsp3) is 0.200. The molecular weight excluding hydrogens is 312 g/mol. The van der Waals surface area contributed by atoms with E-state index in [0.717, 1.165) is 12.1 Å². The van der Waals surface area contributed by atoms with Gasteiger partial charge in [-0.15, -0.1) is 0 Å². The predicted octanol–water partition coefficient (Wildman–Crippen LogP) is 2.77. The number of hydrogen-bond acceptors (Lipinski definition) is 3. The lowest BCUT2D eigenvalue weighted by Gasteiger charge is -2.26. The normalized spacial score (nSPS) is 17.6. The Balaban J connectivity index is 1.91. The van der Waals surface area contributed by atoms with Gasteiger partial charge in [0, 0.05) is 12.0 Å². The lowest BCUT2D eigenvalue weighted by atomic mass is 10.0. The lowest BCUT2D eigenvalue weighted by Crippen LogP contribution is -2.32. The van der Waals surface area contributed by atoms with Gasteiger partial charge in [0.05, 0.1) is 17.5 Å². The van der Waals surface area contributed by atoms with Gasteiger partial charge < -0.3 is 4.74 Å². The molecule has 0 bridgehead atoms. The van der Waals surface area contributed by atoms with Crippen LogP contribution in [0.4, 0.5) is 8.78 Å². The molecule has 1 aliphatic rings. The Morgan fingerprint density at radius 3 is 2.45 bits per heavy atom. The Labute approximate surface area is 126 Å². The summed E-state index contributed by atoms with van der Waals surface area (Å²) in [6.07, 6.45) is 0.386. The maximum atomic E-state index is 13.4. The Hall–Kier alpha value is -1.99. The molecule has 1 unspecified atom stereocenters. The number of hydrogen-bond donors (Lipinski definition) is 1. The van der Waals surface area contributed by atoms with Crippen LogP contribution >= 0.6 is 0 Å². The Kier molecular flexibility index (Phi) is 3.84. The van der Waals surface area contributed by atoms with Gasteiger partial charge in [-0.25, -0.2) is 21.9 Å². The molecule has 1 aliphatic heterocycles. The summed E-state index contributed by atoms with van der Waals surface area (Å²) in [4.78, 5) is -0.0432. The molecule has 0 saturated carbocycles. The average Bonchev–Trinajstić information content (AvgIpc) is 2.48. The SMILES string of the molecule is O=S(=O)(NC1CCOc2ccc(F)cc21)c1ccc(F)cc1. The fourth-order valence-corrected chi connectivity index (χ4v) is 3.61. The molecule has 22 heavy (non-hydrogen) atoms. The van der Waals surface area contributed by atoms with Gasteiger partial charge >= 0.3 is 0 Å². The molecule has 4 nitrogen and oxygen atoms in total. The zero-order chi connectivity index (χ0) is 15.7. The third-order valence-corrected chi connectivity index (χ3v) is 4.92. The van der Waals surface area contributed by atoms with Crippen molar-refractivity contribution in [2.24, 2.45) is 0 Å². The molecule has 2 aromatic rings. The minimum absolute atomic E-state index is 0.0432. The maximum Gasteiger partial charge on any atom is 0.241 e. The van der Waals surface area contributed by atoms with Crippen molar-refractivity contribution in [3.63, 3.8) is 0 Å². The summed E-state index contributed by atoms with van der Waals surface area (Å²) in [6, 6.07) is 7.92. The Morgan fingerprint density at radius 1 is 1.05 bits per heavy atom. The molecule has 1 atom stereocenters. The van der Waals surface area contributed by atoms with Crippen molar-refractivity contribution < 1.29 is 21.9 Å². The molecule has 3 rings (SSSR count). The van der Waals surface area contributed by atoms with Gasteiger partial charge in [-0.2, -0.15) is 0 Å². The van der Waals surface area contributed by atoms with Crippen LogP contribution in [-0.2, 0) is 10.0 Å². The van der Waals surface area contributed by atoms with E-state index in [4.69, 9.17) is 4.74 Å². The average molecular weight is 325 g/mol. The number of fused-ring (bicyclic) bond motifs is 1. The lowest BCUT2D eigenvalue weighted by molar-refractivity contribution is 0.262. The van der Waals surface area contributed by atoms with E-state index >= 15 is 0 Å². The van der Waals surface area contributed by atoms with Crippen molar-refractivity contribution in [1.29, 1.82) is 0 Å². The summed E-state index contributed by atoms with van der Waals surface area (Å²) >= 11 is 0. The molecule has 1 N–H and O–H groups in total. The standard InChI is InChI=1S/C15H13F2NO3S/c16-10-1-4-12(5-2-10)22(19,20)18-14-7-8-21-15-6-3-11(17)9-13(14)15/h1-6,9,14,18H,7-8H2. The van der Waals surface area contributed by atoms with Crippen LogP contribution < -0.4 is 9.46 Å². The smallest absolute Gasteiger partial charge is 0.241 e. The zero-order valence-electron chi connectivity index (χ0n) is 11.4. The van der Waals surface area contributed by atoms with Crippen LogP contribution in [0.25, 0.3) is 0 Å². The predicted molar refractivity (Wildman–Crippen MR) is 76.0 cm³/mol. The summed E-state index contributed by atoms with van der Waals surface area (Å²) in [5.41, 5.74) is 0.455. The van der Waals surface area contributed by atoms with Crippen molar-refractivity contribution in [1.82, 2.24) is 4.72 Å². The summed E-state index contributed by atoms with van der Waals surface area (Å²) in [7, 11) is -3.83. The van der Waals surface area contributed by atoms with E-state index in [0.29, 0.717) is 24.3 Å². The molecule has 0 aromatic heterocycles. The highest BCUT2D eigenvalue weighted by atomic mass is 32.2. The number of benzene rings is 2. The highest BCUT2D eigenvalue weighted by molar-refractivity contribution is 7.89. The highest BCUT2D eigenvalue weighted by Crippen LogP contribution is 2.33. The number of halogens is 2. The van der Waals surface area contributed by atoms with E-state index in [1.54, 1.807) is 0 Å². The molecule has 7 heteroatoms. The second-order valence-corrected chi connectivity index (χ2v) is 6.66. The first-order valence-corrected chi connectivity index (χ1v) is 8.14. The van der Waals surface area contributed by atoms with Crippen LogP contribution in [0.15, 0.2) is 47.4 Å². The van der Waals surface area contributed by atoms with E-state index < -0.39 is 27.7 Å². The van der Waals surface area contributed by atoms with Crippen molar-refractivity contribution in [3.8, 4) is 5.75 Å². The second-order valence-electron chi connectivity index (χ2n) is 4.95. The molecule has 1 heterocycles. The van der Waals surface area contributed by atoms with Gasteiger partial charge in [0.25, 0.3) is 0 Å². The number of sulfonamides is 1. The van der Waals surface area contributed by atoms with E-state index in [-0.39, 0.29) is 4.90 Å². The largest absolute Gasteiger partial charge is 0.493 e. The third-order valence-electron chi connectivity index (χ3n) is 3.43. The first-order valence-electron chi connectivity index (χ1n) is 6.66. The van der Waals surface area contributed by atoms with Gasteiger partial charge in [0.1, 0.15) is 17.4 Å². The minimum Gasteiger partial charge on any atom is -0.493 e. The molecule has 0 amide bonds. The van der Waals surface area contributed by atoms with E-state index in [1.165, 1.54) is 30.3 Å². The van der Waals surface area contributed by atoms with Gasteiger partial charge in [-0.05, 0) is 42.5 Å². The maximum absolute atomic E-state index is 13.4. The van der Waals surface area contributed by atoms with E-state index in [1.807, 2.05) is 0 Å². The molecule has 2 aromatic carbocycles. The van der Waals surface area contributed by atoms with Gasteiger partial charge in [-0.3, -0.25) is 0 Å². The zero-order valence-corrected chi connectivity index (χ0v) is 12.2. The first-order chi connectivity index (χ1) is 10.5. The van der Waals surface area contributed by atoms with Crippen molar-refractivity contribution in [3.05, 3.63) is 59.7 Å². The third kappa shape index (κ3) is 2.95. The van der Waals surface area contributed by atoms with Crippen LogP contribution in [0.3, 0.4) is 0 Å². The summed E-state index contributed by atoms with van der Waals surface area (Å²) in [5, 5.41) is 0. The Morgan fingerprint density at radius 2 is 1.73 bits per heavy atom. The number of rotatable bonds is 3. The van der Waals surface area contributed by atoms with Gasteiger partial charge in [0.2, 0.25) is 10.0 Å². The monoisotopic (exact) mass is 325 g/mol. The topological polar surface area (TPSA) is 55.4 Å². The van der Waals surface area contributed by atoms with Crippen LogP contribution in [0.5, 0.6) is 5.75 Å². The fourth-order valence-electron chi connectivity index (χ4n) is 2.36. The molecular formula is C15H13F2NO3S. The van der Waals surface area contributed by atoms with Crippen molar-refractivity contribution in [2.45, 2.75) is 17.4 Å². The summed E-state index contributed by atoms with van der Waals surface area (Å²) in [6.45, 7) is 0.329. The second kappa shape index (κ2) is 5.66. The van der Waals surface area contributed by atoms with Gasteiger partial charge in [0.15, 0.2) is 0 Å². The van der Waals surface area contributed by atoms with E-state index in [2.05, 4.69) is 4.72 Å². The summed E-state index contributed by atoms with van der Waals surface area (Å²) in [5.74, 6) is -0.521.